The Hall–Kier alpha value is -1.73. The highest BCUT2D eigenvalue weighted by Gasteiger charge is 2.26. The minimum absolute atomic E-state index is 0.0380. The molecule has 3 rings (SSSR count). The van der Waals surface area contributed by atoms with Gasteiger partial charge in [-0.25, -0.2) is 4.98 Å². The molecule has 0 spiro atoms. The third-order valence-electron chi connectivity index (χ3n) is 3.80. The van der Waals surface area contributed by atoms with Crippen LogP contribution in [-0.4, -0.2) is 33.0 Å². The van der Waals surface area contributed by atoms with Crippen LogP contribution in [0.25, 0.3) is 5.69 Å². The first-order valence-corrected chi connectivity index (χ1v) is 10.2. The summed E-state index contributed by atoms with van der Waals surface area (Å²) in [5.74, 6) is 0.213. The molecule has 5 nitrogen and oxygen atoms in total. The number of amides is 1. The summed E-state index contributed by atoms with van der Waals surface area (Å²) in [5.41, 5.74) is 1.59. The zero-order valence-corrected chi connectivity index (χ0v) is 16.0. The molecule has 1 N–H and O–H groups in total. The van der Waals surface area contributed by atoms with Crippen LogP contribution in [0.1, 0.15) is 26.0 Å². The van der Waals surface area contributed by atoms with Crippen LogP contribution in [0, 0.1) is 0 Å². The molecule has 1 aromatic heterocycles. The lowest BCUT2D eigenvalue weighted by Gasteiger charge is -2.13. The second-order valence-electron chi connectivity index (χ2n) is 5.92. The predicted octanol–water partition coefficient (Wildman–Crippen LogP) is 2.89. The van der Waals surface area contributed by atoms with Crippen LogP contribution < -0.4 is 10.9 Å². The largest absolute Gasteiger partial charge is 0.355 e. The van der Waals surface area contributed by atoms with Crippen molar-refractivity contribution in [1.29, 1.82) is 0 Å². The zero-order chi connectivity index (χ0) is 17.8. The average Bonchev–Trinajstić information content (AvgIpc) is 2.99. The van der Waals surface area contributed by atoms with Crippen molar-refractivity contribution in [2.24, 2.45) is 0 Å². The van der Waals surface area contributed by atoms with E-state index in [9.17, 15) is 9.59 Å². The van der Waals surface area contributed by atoms with Crippen molar-refractivity contribution >= 4 is 29.4 Å². The topological polar surface area (TPSA) is 64.0 Å². The van der Waals surface area contributed by atoms with Crippen molar-refractivity contribution in [3.05, 3.63) is 46.4 Å². The van der Waals surface area contributed by atoms with Gasteiger partial charge < -0.3 is 5.32 Å². The summed E-state index contributed by atoms with van der Waals surface area (Å²) in [6.45, 7) is 4.78. The molecule has 1 aliphatic heterocycles. The van der Waals surface area contributed by atoms with Gasteiger partial charge in [-0.1, -0.05) is 43.8 Å². The van der Waals surface area contributed by atoms with Crippen LogP contribution in [0.15, 0.2) is 45.2 Å². The first-order chi connectivity index (χ1) is 12.1. The first kappa shape index (κ1) is 18.1. The van der Waals surface area contributed by atoms with Gasteiger partial charge in [0.2, 0.25) is 5.91 Å². The van der Waals surface area contributed by atoms with Crippen molar-refractivity contribution in [1.82, 2.24) is 14.9 Å². The number of rotatable bonds is 6. The monoisotopic (exact) mass is 375 g/mol. The Morgan fingerprint density at radius 3 is 2.88 bits per heavy atom. The van der Waals surface area contributed by atoms with Crippen molar-refractivity contribution in [3.8, 4) is 5.69 Å². The molecule has 25 heavy (non-hydrogen) atoms. The van der Waals surface area contributed by atoms with E-state index in [1.807, 2.05) is 37.3 Å². The number of para-hydroxylation sites is 1. The summed E-state index contributed by atoms with van der Waals surface area (Å²) in [7, 11) is 0. The third kappa shape index (κ3) is 4.10. The Morgan fingerprint density at radius 1 is 1.40 bits per heavy atom. The molecule has 1 aromatic carbocycles. The van der Waals surface area contributed by atoms with E-state index in [-0.39, 0.29) is 17.2 Å². The van der Waals surface area contributed by atoms with E-state index >= 15 is 0 Å². The zero-order valence-electron chi connectivity index (χ0n) is 14.3. The maximum absolute atomic E-state index is 13.0. The standard InChI is InChI=1S/C18H21N3O2S2/c1-3-9-19-15(22)11-24-18-20-14-10-12(2)25-16(14)17(23)21(18)13-7-5-4-6-8-13/h4-8,12H,3,9-11H2,1-2H3,(H,19,22). The minimum Gasteiger partial charge on any atom is -0.355 e. The highest BCUT2D eigenvalue weighted by molar-refractivity contribution is 8.00. The molecule has 0 saturated carbocycles. The van der Waals surface area contributed by atoms with Gasteiger partial charge >= 0.3 is 0 Å². The Balaban J connectivity index is 1.96. The van der Waals surface area contributed by atoms with Gasteiger partial charge in [0.25, 0.3) is 5.56 Å². The number of carbonyl (C=O) groups is 1. The Bertz CT molecular complexity index is 821. The maximum Gasteiger partial charge on any atom is 0.272 e. The van der Waals surface area contributed by atoms with Gasteiger partial charge in [0.15, 0.2) is 5.16 Å². The molecule has 0 aliphatic carbocycles. The van der Waals surface area contributed by atoms with Gasteiger partial charge in [-0.2, -0.15) is 0 Å². The molecule has 1 atom stereocenters. The van der Waals surface area contributed by atoms with Crippen LogP contribution in [0.3, 0.4) is 0 Å². The van der Waals surface area contributed by atoms with Crippen molar-refractivity contribution in [2.45, 2.75) is 42.0 Å². The van der Waals surface area contributed by atoms with E-state index in [1.165, 1.54) is 11.8 Å². The van der Waals surface area contributed by atoms with E-state index in [0.29, 0.717) is 17.0 Å². The third-order valence-corrected chi connectivity index (χ3v) is 5.95. The Morgan fingerprint density at radius 2 is 2.16 bits per heavy atom. The van der Waals surface area contributed by atoms with Crippen LogP contribution in [-0.2, 0) is 11.2 Å². The SMILES string of the molecule is CCCNC(=O)CSc1nc2c(c(=O)n1-c1ccccc1)SC(C)C2. The lowest BCUT2D eigenvalue weighted by molar-refractivity contribution is -0.118. The molecule has 1 aliphatic rings. The lowest BCUT2D eigenvalue weighted by atomic mass is 10.2. The molecule has 1 unspecified atom stereocenters. The Kier molecular flexibility index (Phi) is 5.86. The number of nitrogens with zero attached hydrogens (tertiary/aromatic N) is 2. The van der Waals surface area contributed by atoms with Crippen LogP contribution in [0.5, 0.6) is 0 Å². The second kappa shape index (κ2) is 8.10. The molecular formula is C18H21N3O2S2. The lowest BCUT2D eigenvalue weighted by Crippen LogP contribution is -2.27. The summed E-state index contributed by atoms with van der Waals surface area (Å²) in [6.07, 6.45) is 1.69. The molecule has 0 saturated heterocycles. The van der Waals surface area contributed by atoms with Gasteiger partial charge in [0.05, 0.1) is 22.0 Å². The van der Waals surface area contributed by atoms with Crippen molar-refractivity contribution < 1.29 is 4.79 Å². The van der Waals surface area contributed by atoms with E-state index in [2.05, 4.69) is 12.2 Å². The first-order valence-electron chi connectivity index (χ1n) is 8.37. The number of fused-ring (bicyclic) bond motifs is 1. The van der Waals surface area contributed by atoms with Gasteiger partial charge in [-0.3, -0.25) is 14.2 Å². The smallest absolute Gasteiger partial charge is 0.272 e. The quantitative estimate of drug-likeness (QED) is 0.621. The van der Waals surface area contributed by atoms with Crippen LogP contribution >= 0.6 is 23.5 Å². The molecule has 0 fully saturated rings. The summed E-state index contributed by atoms with van der Waals surface area (Å²) >= 11 is 2.90. The van der Waals surface area contributed by atoms with E-state index in [1.54, 1.807) is 16.3 Å². The van der Waals surface area contributed by atoms with Crippen molar-refractivity contribution in [3.63, 3.8) is 0 Å². The van der Waals surface area contributed by atoms with E-state index in [0.717, 1.165) is 29.1 Å². The molecule has 7 heteroatoms. The highest BCUT2D eigenvalue weighted by Crippen LogP contribution is 2.34. The molecule has 0 radical (unpaired) electrons. The van der Waals surface area contributed by atoms with Gasteiger partial charge in [0, 0.05) is 18.2 Å². The van der Waals surface area contributed by atoms with Gasteiger partial charge in [-0.15, -0.1) is 11.8 Å². The summed E-state index contributed by atoms with van der Waals surface area (Å²) in [4.78, 5) is 30.4. The molecule has 2 heterocycles. The fourth-order valence-corrected chi connectivity index (χ4v) is 4.60. The number of hydrogen-bond acceptors (Lipinski definition) is 5. The minimum atomic E-state index is -0.0398. The second-order valence-corrected chi connectivity index (χ2v) is 8.31. The number of benzene rings is 1. The summed E-state index contributed by atoms with van der Waals surface area (Å²) < 4.78 is 1.63. The molecule has 0 bridgehead atoms. The number of thioether (sulfide) groups is 2. The molecular weight excluding hydrogens is 354 g/mol. The van der Waals surface area contributed by atoms with Crippen LogP contribution in [0.4, 0.5) is 0 Å². The summed E-state index contributed by atoms with van der Waals surface area (Å²) in [5, 5.41) is 3.79. The fourth-order valence-electron chi connectivity index (χ4n) is 2.65. The normalized spacial score (nSPS) is 15.8. The summed E-state index contributed by atoms with van der Waals surface area (Å²) in [6, 6.07) is 9.48. The maximum atomic E-state index is 13.0. The van der Waals surface area contributed by atoms with Gasteiger partial charge in [-0.05, 0) is 18.6 Å². The molecule has 132 valence electrons. The average molecular weight is 376 g/mol. The fraction of sp³-hybridized carbons (Fsp3) is 0.389. The number of nitrogens with one attached hydrogen (secondary N) is 1. The number of hydrogen-bond donors (Lipinski definition) is 1. The number of aromatic nitrogens is 2. The van der Waals surface area contributed by atoms with Crippen LogP contribution in [0.2, 0.25) is 0 Å². The van der Waals surface area contributed by atoms with E-state index < -0.39 is 0 Å². The van der Waals surface area contributed by atoms with Crippen molar-refractivity contribution in [2.75, 3.05) is 12.3 Å². The molecule has 2 aromatic rings. The van der Waals surface area contributed by atoms with Gasteiger partial charge in [0.1, 0.15) is 0 Å². The number of carbonyl (C=O) groups excluding carboxylic acids is 1. The predicted molar refractivity (Wildman–Crippen MR) is 103 cm³/mol. The van der Waals surface area contributed by atoms with E-state index in [4.69, 9.17) is 4.98 Å². The highest BCUT2D eigenvalue weighted by atomic mass is 32.2. The Labute approximate surface area is 155 Å². The molecule has 1 amide bonds.